The van der Waals surface area contributed by atoms with E-state index in [0.717, 1.165) is 0 Å². The van der Waals surface area contributed by atoms with Gasteiger partial charge in [-0.05, 0) is 54.1 Å². The minimum absolute atomic E-state index is 0.00938. The lowest BCUT2D eigenvalue weighted by molar-refractivity contribution is -0.115. The van der Waals surface area contributed by atoms with Crippen LogP contribution in [-0.2, 0) is 21.1 Å². The van der Waals surface area contributed by atoms with Crippen LogP contribution in [0.1, 0.15) is 12.5 Å². The van der Waals surface area contributed by atoms with Gasteiger partial charge < -0.3 is 0 Å². The van der Waals surface area contributed by atoms with Gasteiger partial charge in [-0.25, -0.2) is 27.8 Å². The summed E-state index contributed by atoms with van der Waals surface area (Å²) < 4.78 is 50.7. The van der Waals surface area contributed by atoms with Gasteiger partial charge in [-0.3, -0.25) is 10.1 Å². The fraction of sp³-hybridized carbons (Fsp3) is 0.120. The lowest BCUT2D eigenvalue weighted by Gasteiger charge is -2.11. The molecule has 35 heavy (non-hydrogen) atoms. The Labute approximate surface area is 200 Å². The number of sulfone groups is 1. The van der Waals surface area contributed by atoms with Crippen molar-refractivity contribution in [1.82, 2.24) is 15.0 Å². The first-order valence-corrected chi connectivity index (χ1v) is 12.3. The van der Waals surface area contributed by atoms with Crippen molar-refractivity contribution in [2.45, 2.75) is 18.2 Å². The molecule has 2 aromatic carbocycles. The number of carbonyl (C=O) groups is 1. The Morgan fingerprint density at radius 1 is 0.886 bits per heavy atom. The summed E-state index contributed by atoms with van der Waals surface area (Å²) in [5.74, 6) is -1.44. The Morgan fingerprint density at radius 3 is 2.20 bits per heavy atom. The first-order valence-electron chi connectivity index (χ1n) is 10.6. The average molecular weight is 495 g/mol. The van der Waals surface area contributed by atoms with Crippen molar-refractivity contribution < 1.29 is 22.0 Å². The Hall–Kier alpha value is -4.05. The fourth-order valence-electron chi connectivity index (χ4n) is 3.35. The van der Waals surface area contributed by atoms with Crippen LogP contribution in [0.4, 0.5) is 14.7 Å². The van der Waals surface area contributed by atoms with E-state index < -0.39 is 27.5 Å². The molecule has 0 aliphatic heterocycles. The maximum atomic E-state index is 13.5. The Morgan fingerprint density at radius 2 is 1.57 bits per heavy atom. The topological polar surface area (TPSA) is 102 Å². The molecule has 4 rings (SSSR count). The van der Waals surface area contributed by atoms with Gasteiger partial charge >= 0.3 is 0 Å². The molecular weight excluding hydrogens is 474 g/mol. The molecule has 2 aromatic heterocycles. The van der Waals surface area contributed by atoms with E-state index in [4.69, 9.17) is 0 Å². The number of nitrogens with zero attached hydrogens (tertiary/aromatic N) is 3. The maximum absolute atomic E-state index is 13.5. The first kappa shape index (κ1) is 24.1. The summed E-state index contributed by atoms with van der Waals surface area (Å²) in [5, 5.41) is 2.63. The van der Waals surface area contributed by atoms with Gasteiger partial charge in [0.25, 0.3) is 0 Å². The predicted octanol–water partition coefficient (Wildman–Crippen LogP) is 4.46. The third kappa shape index (κ3) is 5.72. The largest absolute Gasteiger partial charge is 0.294 e. The van der Waals surface area contributed by atoms with Crippen LogP contribution in [0.25, 0.3) is 22.4 Å². The van der Waals surface area contributed by atoms with Gasteiger partial charge in [0.05, 0.1) is 22.8 Å². The highest BCUT2D eigenvalue weighted by Gasteiger charge is 2.15. The number of benzene rings is 2. The smallest absolute Gasteiger partial charge is 0.231 e. The predicted molar refractivity (Wildman–Crippen MR) is 127 cm³/mol. The van der Waals surface area contributed by atoms with Crippen LogP contribution in [0.3, 0.4) is 0 Å². The van der Waals surface area contributed by atoms with E-state index in [1.54, 1.807) is 19.1 Å². The number of halogens is 2. The standard InChI is InChI=1S/C25H20F2N4O3S/c1-2-35(33,34)20-10-3-16(4-11-20)13-23(32)30-25-29-15-21(18-7-12-22(27)28-14-18)24(31-25)17-5-8-19(26)9-6-17/h3-12,14-15H,2,13H2,1H3,(H,29,30,31,32). The summed E-state index contributed by atoms with van der Waals surface area (Å²) in [4.78, 5) is 25.1. The monoisotopic (exact) mass is 494 g/mol. The SMILES string of the molecule is CCS(=O)(=O)c1ccc(CC(=O)Nc2ncc(-c3ccc(F)nc3)c(-c3ccc(F)cc3)n2)cc1. The molecule has 0 radical (unpaired) electrons. The summed E-state index contributed by atoms with van der Waals surface area (Å²) >= 11 is 0. The summed E-state index contributed by atoms with van der Waals surface area (Å²) in [7, 11) is -3.32. The number of rotatable bonds is 7. The Bertz CT molecular complexity index is 1460. The van der Waals surface area contributed by atoms with E-state index in [1.807, 2.05) is 0 Å². The van der Waals surface area contributed by atoms with Crippen LogP contribution < -0.4 is 5.32 Å². The van der Waals surface area contributed by atoms with Crippen LogP contribution in [0.15, 0.2) is 78.0 Å². The van der Waals surface area contributed by atoms with Crippen molar-refractivity contribution >= 4 is 21.7 Å². The molecule has 7 nitrogen and oxygen atoms in total. The molecular formula is C25H20F2N4O3S. The van der Waals surface area contributed by atoms with E-state index in [1.165, 1.54) is 60.9 Å². The minimum atomic E-state index is -3.32. The number of hydrogen-bond acceptors (Lipinski definition) is 6. The van der Waals surface area contributed by atoms with Crippen LogP contribution in [0, 0.1) is 11.8 Å². The number of carbonyl (C=O) groups excluding carboxylic acids is 1. The van der Waals surface area contributed by atoms with Crippen LogP contribution in [0.2, 0.25) is 0 Å². The summed E-state index contributed by atoms with van der Waals surface area (Å²) in [6, 6.07) is 14.5. The molecule has 0 fully saturated rings. The number of pyridine rings is 1. The van der Waals surface area contributed by atoms with E-state index >= 15 is 0 Å². The number of anilines is 1. The molecule has 1 amide bonds. The van der Waals surface area contributed by atoms with Crippen molar-refractivity contribution in [2.24, 2.45) is 0 Å². The molecule has 0 bridgehead atoms. The average Bonchev–Trinajstić information content (AvgIpc) is 2.85. The van der Waals surface area contributed by atoms with Gasteiger partial charge in [-0.15, -0.1) is 0 Å². The van der Waals surface area contributed by atoms with Gasteiger partial charge in [0.2, 0.25) is 17.8 Å². The summed E-state index contributed by atoms with van der Waals surface area (Å²) in [5.41, 5.74) is 2.65. The van der Waals surface area contributed by atoms with E-state index in [-0.39, 0.29) is 23.0 Å². The molecule has 2 heterocycles. The molecule has 178 valence electrons. The molecule has 0 aliphatic carbocycles. The second-order valence-corrected chi connectivity index (χ2v) is 9.88. The van der Waals surface area contributed by atoms with Crippen molar-refractivity contribution in [3.63, 3.8) is 0 Å². The van der Waals surface area contributed by atoms with Crippen LogP contribution >= 0.6 is 0 Å². The molecule has 0 aliphatic rings. The van der Waals surface area contributed by atoms with Crippen molar-refractivity contribution in [1.29, 1.82) is 0 Å². The third-order valence-electron chi connectivity index (χ3n) is 5.22. The molecule has 0 unspecified atom stereocenters. The molecule has 0 atom stereocenters. The Kier molecular flexibility index (Phi) is 6.92. The second kappa shape index (κ2) is 10.1. The molecule has 0 saturated heterocycles. The van der Waals surface area contributed by atoms with Crippen LogP contribution in [-0.4, -0.2) is 35.0 Å². The summed E-state index contributed by atoms with van der Waals surface area (Å²) in [6.07, 6.45) is 2.79. The number of hydrogen-bond donors (Lipinski definition) is 1. The molecule has 1 N–H and O–H groups in total. The van der Waals surface area contributed by atoms with Gasteiger partial charge in [-0.1, -0.05) is 19.1 Å². The van der Waals surface area contributed by atoms with Gasteiger partial charge in [0, 0.05) is 29.1 Å². The Balaban J connectivity index is 1.59. The van der Waals surface area contributed by atoms with Gasteiger partial charge in [0.15, 0.2) is 9.84 Å². The van der Waals surface area contributed by atoms with Crippen molar-refractivity contribution in [2.75, 3.05) is 11.1 Å². The zero-order valence-electron chi connectivity index (χ0n) is 18.6. The number of aromatic nitrogens is 3. The van der Waals surface area contributed by atoms with Gasteiger partial charge in [0.1, 0.15) is 5.82 Å². The highest BCUT2D eigenvalue weighted by molar-refractivity contribution is 7.91. The van der Waals surface area contributed by atoms with E-state index in [2.05, 4.69) is 20.3 Å². The summed E-state index contributed by atoms with van der Waals surface area (Å²) in [6.45, 7) is 1.56. The minimum Gasteiger partial charge on any atom is -0.294 e. The van der Waals surface area contributed by atoms with E-state index in [0.29, 0.717) is 27.9 Å². The van der Waals surface area contributed by atoms with Crippen LogP contribution in [0.5, 0.6) is 0 Å². The third-order valence-corrected chi connectivity index (χ3v) is 6.97. The van der Waals surface area contributed by atoms with E-state index in [9.17, 15) is 22.0 Å². The molecule has 4 aromatic rings. The molecule has 0 spiro atoms. The lowest BCUT2D eigenvalue weighted by Crippen LogP contribution is -2.17. The zero-order valence-corrected chi connectivity index (χ0v) is 19.4. The highest BCUT2D eigenvalue weighted by atomic mass is 32.2. The maximum Gasteiger partial charge on any atom is 0.231 e. The molecule has 0 saturated carbocycles. The lowest BCUT2D eigenvalue weighted by atomic mass is 10.0. The number of nitrogens with one attached hydrogen (secondary N) is 1. The fourth-order valence-corrected chi connectivity index (χ4v) is 4.24. The number of amides is 1. The highest BCUT2D eigenvalue weighted by Crippen LogP contribution is 2.30. The quantitative estimate of drug-likeness (QED) is 0.381. The second-order valence-electron chi connectivity index (χ2n) is 7.60. The normalized spacial score (nSPS) is 11.3. The zero-order chi connectivity index (χ0) is 25.0. The van der Waals surface area contributed by atoms with Gasteiger partial charge in [-0.2, -0.15) is 4.39 Å². The first-order chi connectivity index (χ1) is 16.7. The molecule has 10 heteroatoms. The van der Waals surface area contributed by atoms with Crippen molar-refractivity contribution in [3.8, 4) is 22.4 Å². The van der Waals surface area contributed by atoms with Crippen molar-refractivity contribution in [3.05, 3.63) is 90.4 Å².